The maximum atomic E-state index is 14.0. The van der Waals surface area contributed by atoms with Crippen molar-refractivity contribution in [3.63, 3.8) is 0 Å². The van der Waals surface area contributed by atoms with Crippen LogP contribution in [0.5, 0.6) is 0 Å². The summed E-state index contributed by atoms with van der Waals surface area (Å²) in [7, 11) is 0. The van der Waals surface area contributed by atoms with Crippen LogP contribution in [-0.4, -0.2) is 12.2 Å². The molecule has 1 heterocycles. The molecule has 1 aliphatic carbocycles. The first-order chi connectivity index (χ1) is 9.61. The predicted octanol–water partition coefficient (Wildman–Crippen LogP) is 4.22. The summed E-state index contributed by atoms with van der Waals surface area (Å²) in [6, 6.07) is 4.43. The standard InChI is InChI=1S/C16H21ClFNO/c17-12-4-3-5-13(18)14(12)15(19)11-6-9-20-16(10-11)7-1-2-8-16/h3-5,11,15H,1-2,6-10,19H2. The molecule has 2 atom stereocenters. The fourth-order valence-electron chi connectivity index (χ4n) is 3.80. The van der Waals surface area contributed by atoms with Gasteiger partial charge in [-0.05, 0) is 43.7 Å². The zero-order valence-corrected chi connectivity index (χ0v) is 12.3. The van der Waals surface area contributed by atoms with Crippen molar-refractivity contribution in [1.82, 2.24) is 0 Å². The third kappa shape index (κ3) is 2.59. The van der Waals surface area contributed by atoms with Crippen LogP contribution < -0.4 is 5.73 Å². The molecule has 0 amide bonds. The van der Waals surface area contributed by atoms with E-state index in [4.69, 9.17) is 22.1 Å². The van der Waals surface area contributed by atoms with Gasteiger partial charge in [0.05, 0.1) is 5.60 Å². The maximum Gasteiger partial charge on any atom is 0.129 e. The molecule has 0 radical (unpaired) electrons. The average Bonchev–Trinajstić information content (AvgIpc) is 2.86. The molecule has 2 unspecified atom stereocenters. The van der Waals surface area contributed by atoms with E-state index in [0.29, 0.717) is 10.6 Å². The van der Waals surface area contributed by atoms with Crippen LogP contribution in [0, 0.1) is 11.7 Å². The Labute approximate surface area is 124 Å². The van der Waals surface area contributed by atoms with Crippen LogP contribution in [0.4, 0.5) is 4.39 Å². The third-order valence-electron chi connectivity index (χ3n) is 4.89. The molecule has 20 heavy (non-hydrogen) atoms. The number of nitrogens with two attached hydrogens (primary N) is 1. The van der Waals surface area contributed by atoms with Gasteiger partial charge in [0.1, 0.15) is 5.82 Å². The predicted molar refractivity (Wildman–Crippen MR) is 78.2 cm³/mol. The molecule has 0 bridgehead atoms. The van der Waals surface area contributed by atoms with E-state index in [-0.39, 0.29) is 23.4 Å². The first-order valence-electron chi connectivity index (χ1n) is 7.45. The van der Waals surface area contributed by atoms with Crippen molar-refractivity contribution in [2.45, 2.75) is 50.2 Å². The third-order valence-corrected chi connectivity index (χ3v) is 5.22. The summed E-state index contributed by atoms with van der Waals surface area (Å²) < 4.78 is 20.0. The van der Waals surface area contributed by atoms with Gasteiger partial charge in [0.2, 0.25) is 0 Å². The summed E-state index contributed by atoms with van der Waals surface area (Å²) in [6.45, 7) is 0.727. The second-order valence-electron chi connectivity index (χ2n) is 6.15. The molecule has 1 aliphatic heterocycles. The van der Waals surface area contributed by atoms with Crippen molar-refractivity contribution in [2.75, 3.05) is 6.61 Å². The summed E-state index contributed by atoms with van der Waals surface area (Å²) in [5.74, 6) is -0.0480. The topological polar surface area (TPSA) is 35.2 Å². The normalized spacial score (nSPS) is 26.9. The number of ether oxygens (including phenoxy) is 1. The lowest BCUT2D eigenvalue weighted by Gasteiger charge is -2.40. The molecule has 1 saturated heterocycles. The summed E-state index contributed by atoms with van der Waals surface area (Å²) in [5, 5.41) is 0.435. The first kappa shape index (κ1) is 14.3. The van der Waals surface area contributed by atoms with Crippen molar-refractivity contribution in [3.05, 3.63) is 34.6 Å². The molecule has 3 rings (SSSR count). The average molecular weight is 298 g/mol. The van der Waals surface area contributed by atoms with Crippen molar-refractivity contribution in [2.24, 2.45) is 11.7 Å². The Balaban J connectivity index is 1.81. The highest BCUT2D eigenvalue weighted by Gasteiger charge is 2.42. The van der Waals surface area contributed by atoms with Gasteiger partial charge in [-0.25, -0.2) is 4.39 Å². The highest BCUT2D eigenvalue weighted by Crippen LogP contribution is 2.45. The minimum absolute atomic E-state index is 0.00172. The lowest BCUT2D eigenvalue weighted by Crippen LogP contribution is -2.41. The van der Waals surface area contributed by atoms with E-state index in [1.165, 1.54) is 18.9 Å². The Kier molecular flexibility index (Phi) is 4.02. The Morgan fingerprint density at radius 1 is 1.35 bits per heavy atom. The fraction of sp³-hybridized carbons (Fsp3) is 0.625. The zero-order chi connectivity index (χ0) is 14.2. The molecule has 2 fully saturated rings. The first-order valence-corrected chi connectivity index (χ1v) is 7.83. The number of halogens is 2. The highest BCUT2D eigenvalue weighted by atomic mass is 35.5. The molecule has 1 aromatic rings. The molecule has 1 saturated carbocycles. The van der Waals surface area contributed by atoms with Crippen molar-refractivity contribution < 1.29 is 9.13 Å². The van der Waals surface area contributed by atoms with E-state index in [1.807, 2.05) is 0 Å². The monoisotopic (exact) mass is 297 g/mol. The van der Waals surface area contributed by atoms with Gasteiger partial charge in [-0.2, -0.15) is 0 Å². The van der Waals surface area contributed by atoms with Crippen LogP contribution >= 0.6 is 11.6 Å². The van der Waals surface area contributed by atoms with Crippen LogP contribution in [-0.2, 0) is 4.74 Å². The molecule has 2 N–H and O–H groups in total. The van der Waals surface area contributed by atoms with E-state index in [9.17, 15) is 4.39 Å². The number of rotatable bonds is 2. The molecule has 4 heteroatoms. The molecule has 110 valence electrons. The number of hydrogen-bond acceptors (Lipinski definition) is 2. The Morgan fingerprint density at radius 2 is 2.10 bits per heavy atom. The van der Waals surface area contributed by atoms with Crippen molar-refractivity contribution in [3.8, 4) is 0 Å². The SMILES string of the molecule is NC(c1c(F)cccc1Cl)C1CCOC2(CCCC2)C1. The van der Waals surface area contributed by atoms with E-state index in [2.05, 4.69) is 0 Å². The van der Waals surface area contributed by atoms with Gasteiger partial charge in [0, 0.05) is 23.2 Å². The van der Waals surface area contributed by atoms with Crippen LogP contribution in [0.1, 0.15) is 50.1 Å². The van der Waals surface area contributed by atoms with Crippen LogP contribution in [0.15, 0.2) is 18.2 Å². The number of benzene rings is 1. The van der Waals surface area contributed by atoms with Crippen LogP contribution in [0.3, 0.4) is 0 Å². The van der Waals surface area contributed by atoms with E-state index in [1.54, 1.807) is 12.1 Å². The number of hydrogen-bond donors (Lipinski definition) is 1. The van der Waals surface area contributed by atoms with Crippen LogP contribution in [0.2, 0.25) is 5.02 Å². The molecular weight excluding hydrogens is 277 g/mol. The molecule has 1 spiro atoms. The summed E-state index contributed by atoms with van der Waals surface area (Å²) in [6.07, 6.45) is 6.49. The Hall–Kier alpha value is -0.640. The summed E-state index contributed by atoms with van der Waals surface area (Å²) in [5.41, 5.74) is 6.81. The maximum absolute atomic E-state index is 14.0. The molecule has 1 aromatic carbocycles. The molecule has 2 nitrogen and oxygen atoms in total. The van der Waals surface area contributed by atoms with Gasteiger partial charge in [0.15, 0.2) is 0 Å². The fourth-order valence-corrected chi connectivity index (χ4v) is 4.09. The van der Waals surface area contributed by atoms with Gasteiger partial charge in [0.25, 0.3) is 0 Å². The van der Waals surface area contributed by atoms with Gasteiger partial charge in [-0.15, -0.1) is 0 Å². The minimum atomic E-state index is -0.343. The smallest absolute Gasteiger partial charge is 0.129 e. The Morgan fingerprint density at radius 3 is 2.80 bits per heavy atom. The largest absolute Gasteiger partial charge is 0.375 e. The minimum Gasteiger partial charge on any atom is -0.375 e. The van der Waals surface area contributed by atoms with Crippen molar-refractivity contribution in [1.29, 1.82) is 0 Å². The highest BCUT2D eigenvalue weighted by molar-refractivity contribution is 6.31. The lowest BCUT2D eigenvalue weighted by molar-refractivity contribution is -0.0965. The molecular formula is C16H21ClFNO. The molecule has 0 aromatic heterocycles. The van der Waals surface area contributed by atoms with E-state index >= 15 is 0 Å². The second kappa shape index (κ2) is 5.63. The summed E-state index contributed by atoms with van der Waals surface area (Å²) >= 11 is 6.14. The van der Waals surface area contributed by atoms with Crippen LogP contribution in [0.25, 0.3) is 0 Å². The van der Waals surface area contributed by atoms with Crippen molar-refractivity contribution >= 4 is 11.6 Å². The molecule has 2 aliphatic rings. The van der Waals surface area contributed by atoms with E-state index in [0.717, 1.165) is 32.3 Å². The second-order valence-corrected chi connectivity index (χ2v) is 6.56. The Bertz CT molecular complexity index is 467. The zero-order valence-electron chi connectivity index (χ0n) is 11.6. The quantitative estimate of drug-likeness (QED) is 0.887. The van der Waals surface area contributed by atoms with Gasteiger partial charge in [-0.3, -0.25) is 0 Å². The van der Waals surface area contributed by atoms with Gasteiger partial charge < -0.3 is 10.5 Å². The van der Waals surface area contributed by atoms with Gasteiger partial charge >= 0.3 is 0 Å². The lowest BCUT2D eigenvalue weighted by atomic mass is 9.79. The van der Waals surface area contributed by atoms with E-state index < -0.39 is 0 Å². The van der Waals surface area contributed by atoms with Gasteiger partial charge in [-0.1, -0.05) is 30.5 Å². The summed E-state index contributed by atoms with van der Waals surface area (Å²) in [4.78, 5) is 0.